The largest absolute Gasteiger partial charge is 0.342 e. The van der Waals surface area contributed by atoms with E-state index < -0.39 is 0 Å². The van der Waals surface area contributed by atoms with E-state index in [-0.39, 0.29) is 10.6 Å². The van der Waals surface area contributed by atoms with Crippen LogP contribution >= 0.6 is 0 Å². The second-order valence-electron chi connectivity index (χ2n) is 4.90. The predicted octanol–water partition coefficient (Wildman–Crippen LogP) is 2.21. The SMILES string of the molecule is Cc1ccc(C[NH2+]CCc2ccccc2)cc1[N+](=O)[O-]. The molecule has 0 aliphatic heterocycles. The van der Waals surface area contributed by atoms with Gasteiger partial charge in [-0.25, -0.2) is 0 Å². The molecule has 0 amide bonds. The van der Waals surface area contributed by atoms with Crippen LogP contribution < -0.4 is 5.32 Å². The number of rotatable bonds is 6. The molecule has 0 radical (unpaired) electrons. The zero-order valence-corrected chi connectivity index (χ0v) is 11.6. The van der Waals surface area contributed by atoms with Gasteiger partial charge in [-0.3, -0.25) is 10.1 Å². The van der Waals surface area contributed by atoms with Crippen molar-refractivity contribution < 1.29 is 10.2 Å². The van der Waals surface area contributed by atoms with Crippen molar-refractivity contribution in [3.8, 4) is 0 Å². The monoisotopic (exact) mass is 271 g/mol. The molecule has 0 atom stereocenters. The highest BCUT2D eigenvalue weighted by Gasteiger charge is 2.11. The Morgan fingerprint density at radius 1 is 1.10 bits per heavy atom. The Labute approximate surface area is 118 Å². The van der Waals surface area contributed by atoms with Crippen LogP contribution in [0.5, 0.6) is 0 Å². The molecule has 0 aliphatic rings. The van der Waals surface area contributed by atoms with Gasteiger partial charge in [-0.05, 0) is 12.5 Å². The van der Waals surface area contributed by atoms with Gasteiger partial charge in [0.15, 0.2) is 0 Å². The summed E-state index contributed by atoms with van der Waals surface area (Å²) in [6.07, 6.45) is 1.01. The van der Waals surface area contributed by atoms with Crippen molar-refractivity contribution in [1.82, 2.24) is 0 Å². The number of nitrogens with two attached hydrogens (primary N) is 1. The normalized spacial score (nSPS) is 10.4. The van der Waals surface area contributed by atoms with Crippen LogP contribution in [0.2, 0.25) is 0 Å². The maximum Gasteiger partial charge on any atom is 0.272 e. The van der Waals surface area contributed by atoms with Crippen LogP contribution in [-0.4, -0.2) is 11.5 Å². The first kappa shape index (κ1) is 14.2. The van der Waals surface area contributed by atoms with E-state index in [4.69, 9.17) is 0 Å². The lowest BCUT2D eigenvalue weighted by molar-refractivity contribution is -0.670. The van der Waals surface area contributed by atoms with E-state index in [1.165, 1.54) is 5.56 Å². The van der Waals surface area contributed by atoms with Gasteiger partial charge in [-0.2, -0.15) is 0 Å². The van der Waals surface area contributed by atoms with Crippen molar-refractivity contribution in [3.63, 3.8) is 0 Å². The zero-order valence-electron chi connectivity index (χ0n) is 11.6. The standard InChI is InChI=1S/C16H18N2O2/c1-13-7-8-15(11-16(13)18(19)20)12-17-10-9-14-5-3-2-4-6-14/h2-8,11,17H,9-10,12H2,1H3/p+1. The van der Waals surface area contributed by atoms with Crippen LogP contribution in [-0.2, 0) is 13.0 Å². The second kappa shape index (κ2) is 6.82. The number of quaternary nitrogens is 1. The highest BCUT2D eigenvalue weighted by molar-refractivity contribution is 5.42. The van der Waals surface area contributed by atoms with Crippen molar-refractivity contribution in [2.45, 2.75) is 19.9 Å². The summed E-state index contributed by atoms with van der Waals surface area (Å²) in [6, 6.07) is 15.8. The molecule has 0 saturated heterocycles. The van der Waals surface area contributed by atoms with Crippen LogP contribution in [0, 0.1) is 17.0 Å². The van der Waals surface area contributed by atoms with Crippen molar-refractivity contribution in [1.29, 1.82) is 0 Å². The van der Waals surface area contributed by atoms with Crippen LogP contribution in [0.15, 0.2) is 48.5 Å². The molecule has 4 heteroatoms. The van der Waals surface area contributed by atoms with Crippen LogP contribution in [0.4, 0.5) is 5.69 Å². The topological polar surface area (TPSA) is 59.8 Å². The van der Waals surface area contributed by atoms with Crippen LogP contribution in [0.1, 0.15) is 16.7 Å². The molecule has 0 aromatic heterocycles. The first-order valence-electron chi connectivity index (χ1n) is 6.76. The Bertz CT molecular complexity index is 582. The molecular formula is C16H19N2O2+. The van der Waals surface area contributed by atoms with Gasteiger partial charge in [0.25, 0.3) is 5.69 Å². The van der Waals surface area contributed by atoms with Crippen molar-refractivity contribution in [2.24, 2.45) is 0 Å². The van der Waals surface area contributed by atoms with Gasteiger partial charge in [0.05, 0.1) is 11.5 Å². The summed E-state index contributed by atoms with van der Waals surface area (Å²) in [5, 5.41) is 13.1. The summed E-state index contributed by atoms with van der Waals surface area (Å²) in [5.74, 6) is 0. The zero-order chi connectivity index (χ0) is 14.4. The summed E-state index contributed by atoms with van der Waals surface area (Å²) < 4.78 is 0. The van der Waals surface area contributed by atoms with Gasteiger partial charge in [-0.15, -0.1) is 0 Å². The molecule has 104 valence electrons. The third-order valence-electron chi connectivity index (χ3n) is 3.33. The lowest BCUT2D eigenvalue weighted by atomic mass is 10.1. The van der Waals surface area contributed by atoms with Gasteiger partial charge in [-0.1, -0.05) is 42.5 Å². The predicted molar refractivity (Wildman–Crippen MR) is 78.5 cm³/mol. The van der Waals surface area contributed by atoms with E-state index in [2.05, 4.69) is 17.4 Å². The number of benzene rings is 2. The molecule has 0 unspecified atom stereocenters. The average molecular weight is 271 g/mol. The molecule has 2 rings (SSSR count). The average Bonchev–Trinajstić information content (AvgIpc) is 2.46. The molecule has 2 N–H and O–H groups in total. The molecule has 4 nitrogen and oxygen atoms in total. The first-order chi connectivity index (χ1) is 9.66. The molecule has 0 saturated carbocycles. The van der Waals surface area contributed by atoms with E-state index in [1.54, 1.807) is 13.0 Å². The number of hydrogen-bond donors (Lipinski definition) is 1. The minimum atomic E-state index is -0.317. The van der Waals surface area contributed by atoms with E-state index in [9.17, 15) is 10.1 Å². The van der Waals surface area contributed by atoms with Crippen molar-refractivity contribution in [3.05, 3.63) is 75.3 Å². The molecule has 0 bridgehead atoms. The Morgan fingerprint density at radius 3 is 2.55 bits per heavy atom. The maximum absolute atomic E-state index is 10.9. The lowest BCUT2D eigenvalue weighted by Gasteiger charge is -2.04. The number of aryl methyl sites for hydroxylation is 1. The Hall–Kier alpha value is -2.20. The highest BCUT2D eigenvalue weighted by Crippen LogP contribution is 2.18. The van der Waals surface area contributed by atoms with Crippen LogP contribution in [0.3, 0.4) is 0 Å². The second-order valence-corrected chi connectivity index (χ2v) is 4.90. The van der Waals surface area contributed by atoms with Crippen molar-refractivity contribution >= 4 is 5.69 Å². The van der Waals surface area contributed by atoms with Crippen molar-refractivity contribution in [2.75, 3.05) is 6.54 Å². The fraction of sp³-hybridized carbons (Fsp3) is 0.250. The minimum absolute atomic E-state index is 0.207. The van der Waals surface area contributed by atoms with Crippen LogP contribution in [0.25, 0.3) is 0 Å². The summed E-state index contributed by atoms with van der Waals surface area (Å²) in [5.41, 5.74) is 3.23. The molecule has 0 fully saturated rings. The quantitative estimate of drug-likeness (QED) is 0.497. The molecule has 0 aliphatic carbocycles. The fourth-order valence-electron chi connectivity index (χ4n) is 2.16. The van der Waals surface area contributed by atoms with Gasteiger partial charge >= 0.3 is 0 Å². The first-order valence-corrected chi connectivity index (χ1v) is 6.76. The number of nitro benzene ring substituents is 1. The molecule has 0 heterocycles. The third kappa shape index (κ3) is 3.90. The lowest BCUT2D eigenvalue weighted by Crippen LogP contribution is -2.83. The number of nitrogens with zero attached hydrogens (tertiary/aromatic N) is 1. The van der Waals surface area contributed by atoms with Gasteiger partial charge in [0, 0.05) is 23.6 Å². The molecule has 0 spiro atoms. The highest BCUT2D eigenvalue weighted by atomic mass is 16.6. The van der Waals surface area contributed by atoms with E-state index in [0.29, 0.717) is 5.56 Å². The summed E-state index contributed by atoms with van der Waals surface area (Å²) in [6.45, 7) is 3.51. The van der Waals surface area contributed by atoms with Gasteiger partial charge in [0.1, 0.15) is 6.54 Å². The smallest absolute Gasteiger partial charge is 0.272 e. The van der Waals surface area contributed by atoms with Gasteiger partial charge in [0.2, 0.25) is 0 Å². The van der Waals surface area contributed by atoms with E-state index in [0.717, 1.165) is 25.1 Å². The third-order valence-corrected chi connectivity index (χ3v) is 3.33. The maximum atomic E-state index is 10.9. The Morgan fingerprint density at radius 2 is 1.85 bits per heavy atom. The summed E-state index contributed by atoms with van der Waals surface area (Å²) >= 11 is 0. The van der Waals surface area contributed by atoms with Gasteiger partial charge < -0.3 is 5.32 Å². The molecule has 2 aromatic rings. The summed E-state index contributed by atoms with van der Waals surface area (Å²) in [4.78, 5) is 10.6. The minimum Gasteiger partial charge on any atom is -0.342 e. The fourth-order valence-corrected chi connectivity index (χ4v) is 2.16. The molecule has 2 aromatic carbocycles. The number of nitro groups is 1. The Balaban J connectivity index is 1.85. The number of hydrogen-bond acceptors (Lipinski definition) is 2. The Kier molecular flexibility index (Phi) is 4.85. The van der Waals surface area contributed by atoms with E-state index in [1.807, 2.05) is 30.3 Å². The molecule has 20 heavy (non-hydrogen) atoms. The summed E-state index contributed by atoms with van der Waals surface area (Å²) in [7, 11) is 0. The molecular weight excluding hydrogens is 252 g/mol. The van der Waals surface area contributed by atoms with E-state index >= 15 is 0 Å².